The maximum atomic E-state index is 13.8. The third-order valence-electron chi connectivity index (χ3n) is 3.11. The molecule has 2 aromatic rings. The van der Waals surface area contributed by atoms with E-state index in [1.54, 1.807) is 4.68 Å². The predicted octanol–water partition coefficient (Wildman–Crippen LogP) is 2.36. The number of hydrogen-bond acceptors (Lipinski definition) is 5. The Bertz CT molecular complexity index is 724. The molecule has 1 aromatic heterocycles. The van der Waals surface area contributed by atoms with Crippen LogP contribution in [0.1, 0.15) is 33.2 Å². The van der Waals surface area contributed by atoms with Gasteiger partial charge in [0.1, 0.15) is 11.6 Å². The topological polar surface area (TPSA) is 70.4 Å². The van der Waals surface area contributed by atoms with E-state index in [1.165, 1.54) is 32.5 Å². The summed E-state index contributed by atoms with van der Waals surface area (Å²) >= 11 is 0. The molecule has 0 radical (unpaired) electrons. The third-order valence-corrected chi connectivity index (χ3v) is 3.11. The summed E-state index contributed by atoms with van der Waals surface area (Å²) in [4.78, 5) is 23.5. The first kappa shape index (κ1) is 15.7. The quantitative estimate of drug-likeness (QED) is 0.640. The van der Waals surface area contributed by atoms with Crippen LogP contribution in [0.25, 0.3) is 0 Å². The number of benzene rings is 1. The van der Waals surface area contributed by atoms with E-state index in [1.807, 2.05) is 6.92 Å². The number of halogens is 1. The first-order chi connectivity index (χ1) is 10.5. The third kappa shape index (κ3) is 3.13. The van der Waals surface area contributed by atoms with Crippen LogP contribution in [0.2, 0.25) is 0 Å². The Kier molecular flexibility index (Phi) is 4.55. The van der Waals surface area contributed by atoms with Crippen molar-refractivity contribution < 1.29 is 23.5 Å². The van der Waals surface area contributed by atoms with E-state index in [4.69, 9.17) is 4.74 Å². The first-order valence-corrected chi connectivity index (χ1v) is 6.59. The van der Waals surface area contributed by atoms with Gasteiger partial charge in [-0.25, -0.2) is 14.0 Å². The maximum Gasteiger partial charge on any atom is 0.346 e. The molecule has 0 N–H and O–H groups in total. The number of methoxy groups -OCH3 is 1. The van der Waals surface area contributed by atoms with Crippen molar-refractivity contribution in [3.8, 4) is 5.75 Å². The molecule has 6 nitrogen and oxygen atoms in total. The van der Waals surface area contributed by atoms with Crippen LogP contribution in [-0.4, -0.2) is 28.8 Å². The molecule has 0 unspecified atom stereocenters. The van der Waals surface area contributed by atoms with Gasteiger partial charge in [-0.05, 0) is 26.0 Å². The zero-order valence-electron chi connectivity index (χ0n) is 12.4. The number of hydrogen-bond donors (Lipinski definition) is 0. The van der Waals surface area contributed by atoms with Gasteiger partial charge in [0, 0.05) is 18.3 Å². The van der Waals surface area contributed by atoms with E-state index >= 15 is 0 Å². The van der Waals surface area contributed by atoms with E-state index < -0.39 is 17.8 Å². The average Bonchev–Trinajstić information content (AvgIpc) is 2.99. The average molecular weight is 306 g/mol. The summed E-state index contributed by atoms with van der Waals surface area (Å²) < 4.78 is 25.1. The van der Waals surface area contributed by atoms with Crippen molar-refractivity contribution in [2.75, 3.05) is 7.11 Å². The number of nitrogens with zero attached hydrogens (tertiary/aromatic N) is 2. The fraction of sp³-hybridized carbons (Fsp3) is 0.267. The van der Waals surface area contributed by atoms with E-state index in [2.05, 4.69) is 9.84 Å². The minimum absolute atomic E-state index is 0.0300. The van der Waals surface area contributed by atoms with Gasteiger partial charge >= 0.3 is 11.9 Å². The molecule has 1 aromatic carbocycles. The fourth-order valence-electron chi connectivity index (χ4n) is 1.80. The Labute approximate surface area is 126 Å². The number of rotatable bonds is 4. The molecule has 1 heterocycles. The Morgan fingerprint density at radius 3 is 2.59 bits per heavy atom. The normalized spacial score (nSPS) is 10.4. The highest BCUT2D eigenvalue weighted by molar-refractivity contribution is 5.92. The van der Waals surface area contributed by atoms with Gasteiger partial charge in [0.2, 0.25) is 0 Å². The second-order valence-electron chi connectivity index (χ2n) is 4.55. The minimum atomic E-state index is -0.713. The monoisotopic (exact) mass is 306 g/mol. The van der Waals surface area contributed by atoms with Crippen LogP contribution in [0, 0.1) is 12.7 Å². The number of aryl methyl sites for hydroxylation is 1. The molecule has 0 aliphatic heterocycles. The predicted molar refractivity (Wildman–Crippen MR) is 75.3 cm³/mol. The lowest BCUT2D eigenvalue weighted by Gasteiger charge is -2.09. The number of ether oxygens (including phenoxy) is 2. The fourth-order valence-corrected chi connectivity index (χ4v) is 1.80. The lowest BCUT2D eigenvalue weighted by Crippen LogP contribution is -2.11. The molecule has 0 atom stereocenters. The molecule has 0 saturated heterocycles. The summed E-state index contributed by atoms with van der Waals surface area (Å²) in [5.74, 6) is -2.08. The zero-order chi connectivity index (χ0) is 16.3. The van der Waals surface area contributed by atoms with Gasteiger partial charge in [-0.3, -0.25) is 4.68 Å². The summed E-state index contributed by atoms with van der Waals surface area (Å²) in [6.07, 6.45) is 2.89. The van der Waals surface area contributed by atoms with Gasteiger partial charge in [0.05, 0.1) is 24.4 Å². The molecular formula is C15H15FN2O4. The number of aromatic nitrogens is 2. The van der Waals surface area contributed by atoms with Crippen molar-refractivity contribution in [2.45, 2.75) is 20.4 Å². The molecule has 7 heteroatoms. The summed E-state index contributed by atoms with van der Waals surface area (Å²) in [6, 6.07) is 2.31. The molecule has 0 fully saturated rings. The van der Waals surface area contributed by atoms with Crippen molar-refractivity contribution in [3.63, 3.8) is 0 Å². The highest BCUT2D eigenvalue weighted by Crippen LogP contribution is 2.24. The van der Waals surface area contributed by atoms with E-state index in [-0.39, 0.29) is 22.4 Å². The molecule has 0 bridgehead atoms. The van der Waals surface area contributed by atoms with Gasteiger partial charge in [0.25, 0.3) is 0 Å². The molecule has 0 spiro atoms. The van der Waals surface area contributed by atoms with Gasteiger partial charge in [0.15, 0.2) is 0 Å². The summed E-state index contributed by atoms with van der Waals surface area (Å²) in [5, 5.41) is 3.96. The van der Waals surface area contributed by atoms with E-state index in [0.717, 1.165) is 6.07 Å². The Morgan fingerprint density at radius 1 is 1.27 bits per heavy atom. The van der Waals surface area contributed by atoms with Crippen LogP contribution in [-0.2, 0) is 11.3 Å². The first-order valence-electron chi connectivity index (χ1n) is 6.59. The zero-order valence-corrected chi connectivity index (χ0v) is 12.4. The summed E-state index contributed by atoms with van der Waals surface area (Å²) in [5.41, 5.74) is 0.340. The van der Waals surface area contributed by atoms with Crippen molar-refractivity contribution in [1.82, 2.24) is 9.78 Å². The number of carbonyl (C=O) groups excluding carboxylic acids is 2. The number of carbonyl (C=O) groups is 2. The lowest BCUT2D eigenvalue weighted by atomic mass is 10.1. The van der Waals surface area contributed by atoms with Gasteiger partial charge in [-0.1, -0.05) is 0 Å². The van der Waals surface area contributed by atoms with Crippen molar-refractivity contribution in [2.24, 2.45) is 0 Å². The second kappa shape index (κ2) is 6.38. The van der Waals surface area contributed by atoms with Crippen LogP contribution >= 0.6 is 0 Å². The molecule has 0 aliphatic rings. The number of esters is 2. The Morgan fingerprint density at radius 2 is 2.00 bits per heavy atom. The lowest BCUT2D eigenvalue weighted by molar-refractivity contribution is 0.0597. The van der Waals surface area contributed by atoms with Crippen LogP contribution in [0.15, 0.2) is 24.5 Å². The molecule has 2 rings (SSSR count). The SMILES string of the molecule is CCn1cc(C(=O)Oc2cc(C(=O)OC)cc(F)c2C)cn1. The largest absolute Gasteiger partial charge is 0.465 e. The van der Waals surface area contributed by atoms with Gasteiger partial charge < -0.3 is 9.47 Å². The minimum Gasteiger partial charge on any atom is -0.465 e. The van der Waals surface area contributed by atoms with Crippen LogP contribution in [0.3, 0.4) is 0 Å². The Hall–Kier alpha value is -2.70. The maximum absolute atomic E-state index is 13.8. The summed E-state index contributed by atoms with van der Waals surface area (Å²) in [7, 11) is 1.19. The van der Waals surface area contributed by atoms with Crippen molar-refractivity contribution >= 4 is 11.9 Å². The highest BCUT2D eigenvalue weighted by Gasteiger charge is 2.18. The molecule has 0 aliphatic carbocycles. The molecule has 0 amide bonds. The van der Waals surface area contributed by atoms with Gasteiger partial charge in [-0.15, -0.1) is 0 Å². The molecular weight excluding hydrogens is 291 g/mol. The van der Waals surface area contributed by atoms with Gasteiger partial charge in [-0.2, -0.15) is 5.10 Å². The highest BCUT2D eigenvalue weighted by atomic mass is 19.1. The van der Waals surface area contributed by atoms with Crippen LogP contribution in [0.5, 0.6) is 5.75 Å². The smallest absolute Gasteiger partial charge is 0.346 e. The van der Waals surface area contributed by atoms with Crippen LogP contribution in [0.4, 0.5) is 4.39 Å². The molecule has 22 heavy (non-hydrogen) atoms. The van der Waals surface area contributed by atoms with Crippen LogP contribution < -0.4 is 4.74 Å². The standard InChI is InChI=1S/C15H15FN2O4/c1-4-18-8-11(7-17-18)15(20)22-13-6-10(14(19)21-3)5-12(16)9(13)2/h5-8H,4H2,1-3H3. The van der Waals surface area contributed by atoms with E-state index in [9.17, 15) is 14.0 Å². The second-order valence-corrected chi connectivity index (χ2v) is 4.55. The van der Waals surface area contributed by atoms with E-state index in [0.29, 0.717) is 6.54 Å². The summed E-state index contributed by atoms with van der Waals surface area (Å²) in [6.45, 7) is 3.94. The Balaban J connectivity index is 2.30. The molecule has 0 saturated carbocycles. The van der Waals surface area contributed by atoms with Crippen molar-refractivity contribution in [3.05, 3.63) is 47.0 Å². The molecule has 116 valence electrons. The van der Waals surface area contributed by atoms with Crippen molar-refractivity contribution in [1.29, 1.82) is 0 Å².